The van der Waals surface area contributed by atoms with Gasteiger partial charge in [-0.2, -0.15) is 0 Å². The Morgan fingerprint density at radius 2 is 1.71 bits per heavy atom. The van der Waals surface area contributed by atoms with Gasteiger partial charge in [0.25, 0.3) is 0 Å². The fourth-order valence-electron chi connectivity index (χ4n) is 4.00. The van der Waals surface area contributed by atoms with E-state index in [0.717, 1.165) is 39.3 Å². The molecule has 0 spiro atoms. The molecular weight excluding hydrogens is 469 g/mol. The molecule has 0 aliphatic rings. The molecule has 0 aliphatic carbocycles. The molecule has 6 heteroatoms. The highest BCUT2D eigenvalue weighted by Gasteiger charge is 2.18. The van der Waals surface area contributed by atoms with E-state index in [9.17, 15) is 4.79 Å². The van der Waals surface area contributed by atoms with E-state index in [4.69, 9.17) is 32.7 Å². The van der Waals surface area contributed by atoms with Crippen molar-refractivity contribution < 1.29 is 14.3 Å². The van der Waals surface area contributed by atoms with Gasteiger partial charge in [-0.05, 0) is 80.4 Å². The molecule has 4 aromatic rings. The Hall–Kier alpha value is -3.21. The van der Waals surface area contributed by atoms with Crippen molar-refractivity contribution in [3.8, 4) is 22.7 Å². The summed E-state index contributed by atoms with van der Waals surface area (Å²) >= 11 is 12.8. The van der Waals surface area contributed by atoms with Crippen molar-refractivity contribution in [1.29, 1.82) is 0 Å². The van der Waals surface area contributed by atoms with Gasteiger partial charge in [-0.3, -0.25) is 0 Å². The molecule has 1 heterocycles. The first kappa shape index (κ1) is 23.9. The molecular formula is C28H25Cl2NO3. The van der Waals surface area contributed by atoms with Crippen molar-refractivity contribution in [2.75, 3.05) is 7.11 Å². The van der Waals surface area contributed by atoms with Crippen LogP contribution in [0.1, 0.15) is 32.7 Å². The van der Waals surface area contributed by atoms with Crippen molar-refractivity contribution >= 4 is 29.2 Å². The third-order valence-corrected chi connectivity index (χ3v) is 6.49. The van der Waals surface area contributed by atoms with Crippen molar-refractivity contribution in [3.05, 3.63) is 105 Å². The van der Waals surface area contributed by atoms with Gasteiger partial charge in [-0.25, -0.2) is 4.79 Å². The average Bonchev–Trinajstić information content (AvgIpc) is 3.20. The van der Waals surface area contributed by atoms with E-state index in [1.807, 2.05) is 81.4 Å². The second-order valence-corrected chi connectivity index (χ2v) is 8.99. The first-order valence-corrected chi connectivity index (χ1v) is 11.6. The van der Waals surface area contributed by atoms with Crippen LogP contribution in [-0.2, 0) is 11.3 Å². The molecule has 0 saturated heterocycles. The predicted octanol–water partition coefficient (Wildman–Crippen LogP) is 7.74. The average molecular weight is 494 g/mol. The number of ether oxygens (including phenoxy) is 2. The highest BCUT2D eigenvalue weighted by molar-refractivity contribution is 6.31. The third kappa shape index (κ3) is 4.70. The number of carbonyl (C=O) groups is 1. The van der Waals surface area contributed by atoms with Gasteiger partial charge in [0.05, 0.1) is 18.4 Å². The number of aryl methyl sites for hydroxylation is 3. The lowest BCUT2D eigenvalue weighted by molar-refractivity contribution is 0.0600. The minimum Gasteiger partial charge on any atom is -0.488 e. The van der Waals surface area contributed by atoms with E-state index in [2.05, 4.69) is 4.57 Å². The van der Waals surface area contributed by atoms with Crippen molar-refractivity contribution in [3.63, 3.8) is 0 Å². The summed E-state index contributed by atoms with van der Waals surface area (Å²) < 4.78 is 13.3. The van der Waals surface area contributed by atoms with Crippen molar-refractivity contribution in [2.45, 2.75) is 27.4 Å². The van der Waals surface area contributed by atoms with Gasteiger partial charge in [0, 0.05) is 32.6 Å². The van der Waals surface area contributed by atoms with Crippen LogP contribution in [-0.4, -0.2) is 17.6 Å². The van der Waals surface area contributed by atoms with Crippen molar-refractivity contribution in [2.24, 2.45) is 0 Å². The molecule has 0 saturated carbocycles. The molecule has 34 heavy (non-hydrogen) atoms. The fourth-order valence-corrected chi connectivity index (χ4v) is 4.45. The summed E-state index contributed by atoms with van der Waals surface area (Å²) in [5, 5.41) is 1.27. The largest absolute Gasteiger partial charge is 0.488 e. The number of aromatic nitrogens is 1. The van der Waals surface area contributed by atoms with Crippen LogP contribution >= 0.6 is 23.2 Å². The van der Waals surface area contributed by atoms with Crippen LogP contribution in [0.25, 0.3) is 16.9 Å². The van der Waals surface area contributed by atoms with Gasteiger partial charge in [0.15, 0.2) is 0 Å². The monoisotopic (exact) mass is 493 g/mol. The molecule has 0 unspecified atom stereocenters. The Morgan fingerprint density at radius 1 is 0.912 bits per heavy atom. The molecule has 0 N–H and O–H groups in total. The lowest BCUT2D eigenvalue weighted by atomic mass is 10.1. The maximum absolute atomic E-state index is 12.3. The zero-order valence-corrected chi connectivity index (χ0v) is 21.0. The molecule has 0 aliphatic heterocycles. The van der Waals surface area contributed by atoms with E-state index in [0.29, 0.717) is 28.0 Å². The highest BCUT2D eigenvalue weighted by atomic mass is 35.5. The Balaban J connectivity index is 1.79. The maximum Gasteiger partial charge on any atom is 0.338 e. The first-order valence-electron chi connectivity index (χ1n) is 10.8. The fraction of sp³-hybridized carbons (Fsp3) is 0.179. The number of esters is 1. The standard InChI is InChI=1S/C28H25Cl2NO3/c1-17-6-5-7-25(30)24(17)16-34-27-13-10-20(29)14-23(27)26-12-9-19(3)31(26)21-11-8-18(2)22(15-21)28(32)33-4/h5-15H,16H2,1-4H3. The van der Waals surface area contributed by atoms with Gasteiger partial charge in [0.2, 0.25) is 0 Å². The SMILES string of the molecule is COC(=O)c1cc(-n2c(C)ccc2-c2cc(Cl)ccc2OCc2c(C)cccc2Cl)ccc1C. The van der Waals surface area contributed by atoms with Crippen LogP contribution in [0.5, 0.6) is 5.75 Å². The van der Waals surface area contributed by atoms with E-state index >= 15 is 0 Å². The molecule has 174 valence electrons. The number of hydrogen-bond donors (Lipinski definition) is 0. The Morgan fingerprint density at radius 3 is 2.44 bits per heavy atom. The summed E-state index contributed by atoms with van der Waals surface area (Å²) in [6.07, 6.45) is 0. The van der Waals surface area contributed by atoms with Gasteiger partial charge >= 0.3 is 5.97 Å². The predicted molar refractivity (Wildman–Crippen MR) is 138 cm³/mol. The van der Waals surface area contributed by atoms with Crippen LogP contribution in [0, 0.1) is 20.8 Å². The van der Waals surface area contributed by atoms with Crippen LogP contribution in [0.3, 0.4) is 0 Å². The summed E-state index contributed by atoms with van der Waals surface area (Å²) in [6.45, 7) is 6.24. The third-order valence-electron chi connectivity index (χ3n) is 5.90. The molecule has 0 radical (unpaired) electrons. The normalized spacial score (nSPS) is 10.9. The van der Waals surface area contributed by atoms with Crippen LogP contribution in [0.2, 0.25) is 10.0 Å². The van der Waals surface area contributed by atoms with E-state index < -0.39 is 0 Å². The molecule has 0 fully saturated rings. The lowest BCUT2D eigenvalue weighted by Crippen LogP contribution is -2.07. The quantitative estimate of drug-likeness (QED) is 0.258. The molecule has 0 amide bonds. The van der Waals surface area contributed by atoms with E-state index in [-0.39, 0.29) is 5.97 Å². The summed E-state index contributed by atoms with van der Waals surface area (Å²) in [7, 11) is 1.39. The minimum absolute atomic E-state index is 0.330. The van der Waals surface area contributed by atoms with Crippen LogP contribution < -0.4 is 4.74 Å². The summed E-state index contributed by atoms with van der Waals surface area (Å²) in [4.78, 5) is 12.3. The number of benzene rings is 3. The number of halogens is 2. The Bertz CT molecular complexity index is 1350. The van der Waals surface area contributed by atoms with Gasteiger partial charge in [0.1, 0.15) is 12.4 Å². The molecule has 3 aromatic carbocycles. The molecule has 4 rings (SSSR count). The van der Waals surface area contributed by atoms with Crippen molar-refractivity contribution in [1.82, 2.24) is 4.57 Å². The highest BCUT2D eigenvalue weighted by Crippen LogP contribution is 2.37. The van der Waals surface area contributed by atoms with E-state index in [1.54, 1.807) is 6.07 Å². The number of nitrogens with zero attached hydrogens (tertiary/aromatic N) is 1. The lowest BCUT2D eigenvalue weighted by Gasteiger charge is -2.18. The summed E-state index contributed by atoms with van der Waals surface area (Å²) in [6, 6.07) is 21.1. The number of hydrogen-bond acceptors (Lipinski definition) is 3. The number of carbonyl (C=O) groups excluding carboxylic acids is 1. The maximum atomic E-state index is 12.3. The number of rotatable bonds is 6. The number of methoxy groups -OCH3 is 1. The van der Waals surface area contributed by atoms with Crippen LogP contribution in [0.4, 0.5) is 0 Å². The molecule has 0 bridgehead atoms. The van der Waals surface area contributed by atoms with Crippen LogP contribution in [0.15, 0.2) is 66.7 Å². The Labute approximate surface area is 209 Å². The molecule has 4 nitrogen and oxygen atoms in total. The zero-order valence-electron chi connectivity index (χ0n) is 19.5. The summed E-state index contributed by atoms with van der Waals surface area (Å²) in [5.74, 6) is 0.316. The second kappa shape index (κ2) is 9.96. The summed E-state index contributed by atoms with van der Waals surface area (Å²) in [5.41, 5.74) is 6.96. The minimum atomic E-state index is -0.368. The smallest absolute Gasteiger partial charge is 0.338 e. The van der Waals surface area contributed by atoms with E-state index in [1.165, 1.54) is 7.11 Å². The topological polar surface area (TPSA) is 40.5 Å². The van der Waals surface area contributed by atoms with Gasteiger partial charge in [-0.1, -0.05) is 41.4 Å². The first-order chi connectivity index (χ1) is 16.3. The molecule has 0 atom stereocenters. The Kier molecular flexibility index (Phi) is 7.01. The second-order valence-electron chi connectivity index (χ2n) is 8.15. The van der Waals surface area contributed by atoms with Gasteiger partial charge < -0.3 is 14.0 Å². The zero-order chi connectivity index (χ0) is 24.4. The molecule has 1 aromatic heterocycles. The van der Waals surface area contributed by atoms with Gasteiger partial charge in [-0.15, -0.1) is 0 Å².